The van der Waals surface area contributed by atoms with Crippen LogP contribution in [0.2, 0.25) is 0 Å². The molecule has 4 heteroatoms. The van der Waals surface area contributed by atoms with E-state index in [-0.39, 0.29) is 0 Å². The zero-order valence-corrected chi connectivity index (χ0v) is 9.40. The first-order chi connectivity index (χ1) is 7.67. The molecule has 0 aliphatic carbocycles. The van der Waals surface area contributed by atoms with Gasteiger partial charge in [0.05, 0.1) is 13.7 Å². The van der Waals surface area contributed by atoms with Gasteiger partial charge in [-0.2, -0.15) is 0 Å². The standard InChI is InChI=1S/C12H15NO3/c1-3-16-11-8-9(5-7-12(13)14)4-6-10(11)15-2/h4-8H,3H2,1-2H3,(H2,13,14). The Morgan fingerprint density at radius 3 is 2.75 bits per heavy atom. The fourth-order valence-corrected chi connectivity index (χ4v) is 1.24. The van der Waals surface area contributed by atoms with Crippen LogP contribution in [0.5, 0.6) is 11.5 Å². The quantitative estimate of drug-likeness (QED) is 0.768. The summed E-state index contributed by atoms with van der Waals surface area (Å²) >= 11 is 0. The molecule has 4 nitrogen and oxygen atoms in total. The minimum Gasteiger partial charge on any atom is -0.493 e. The maximum atomic E-state index is 10.6. The molecule has 16 heavy (non-hydrogen) atoms. The Morgan fingerprint density at radius 1 is 1.44 bits per heavy atom. The van der Waals surface area contributed by atoms with Gasteiger partial charge in [-0.15, -0.1) is 0 Å². The SMILES string of the molecule is CCOc1cc(C=CC(N)=O)ccc1OC. The fraction of sp³-hybridized carbons (Fsp3) is 0.250. The molecule has 0 aliphatic heterocycles. The molecule has 0 saturated heterocycles. The summed E-state index contributed by atoms with van der Waals surface area (Å²) in [6.45, 7) is 2.45. The van der Waals surface area contributed by atoms with Gasteiger partial charge in [-0.05, 0) is 30.7 Å². The molecule has 0 aliphatic rings. The van der Waals surface area contributed by atoms with Gasteiger partial charge in [0.1, 0.15) is 0 Å². The summed E-state index contributed by atoms with van der Waals surface area (Å²) in [6, 6.07) is 5.40. The number of ether oxygens (including phenoxy) is 2. The normalized spacial score (nSPS) is 10.4. The van der Waals surface area contributed by atoms with Crippen molar-refractivity contribution in [3.05, 3.63) is 29.8 Å². The number of hydrogen-bond donors (Lipinski definition) is 1. The van der Waals surface area contributed by atoms with Crippen LogP contribution in [0.25, 0.3) is 6.08 Å². The van der Waals surface area contributed by atoms with E-state index < -0.39 is 5.91 Å². The van der Waals surface area contributed by atoms with E-state index >= 15 is 0 Å². The van der Waals surface area contributed by atoms with Crippen molar-refractivity contribution >= 4 is 12.0 Å². The molecule has 1 aromatic carbocycles. The number of rotatable bonds is 5. The lowest BCUT2D eigenvalue weighted by Gasteiger charge is -2.09. The minimum absolute atomic E-state index is 0.478. The molecule has 86 valence electrons. The van der Waals surface area contributed by atoms with Crippen LogP contribution >= 0.6 is 0 Å². The highest BCUT2D eigenvalue weighted by Gasteiger charge is 2.03. The minimum atomic E-state index is -0.478. The first-order valence-corrected chi connectivity index (χ1v) is 4.95. The zero-order chi connectivity index (χ0) is 12.0. The number of benzene rings is 1. The van der Waals surface area contributed by atoms with Gasteiger partial charge in [-0.25, -0.2) is 0 Å². The molecule has 0 radical (unpaired) electrons. The lowest BCUT2D eigenvalue weighted by Crippen LogP contribution is -2.05. The van der Waals surface area contributed by atoms with Crippen LogP contribution in [0.1, 0.15) is 12.5 Å². The third kappa shape index (κ3) is 3.31. The van der Waals surface area contributed by atoms with E-state index in [9.17, 15) is 4.79 Å². The Labute approximate surface area is 94.7 Å². The Kier molecular flexibility index (Phi) is 4.39. The summed E-state index contributed by atoms with van der Waals surface area (Å²) in [6.07, 6.45) is 2.93. The Balaban J connectivity index is 2.96. The summed E-state index contributed by atoms with van der Waals surface area (Å²) < 4.78 is 10.5. The smallest absolute Gasteiger partial charge is 0.241 e. The predicted molar refractivity (Wildman–Crippen MR) is 62.4 cm³/mol. The number of amides is 1. The van der Waals surface area contributed by atoms with Crippen LogP contribution in [0.4, 0.5) is 0 Å². The van der Waals surface area contributed by atoms with Crippen molar-refractivity contribution in [2.24, 2.45) is 5.73 Å². The molecule has 2 N–H and O–H groups in total. The number of nitrogens with two attached hydrogens (primary N) is 1. The number of carbonyl (C=O) groups is 1. The Morgan fingerprint density at radius 2 is 2.19 bits per heavy atom. The van der Waals surface area contributed by atoms with Crippen LogP contribution in [-0.2, 0) is 4.79 Å². The summed E-state index contributed by atoms with van der Waals surface area (Å²) in [7, 11) is 1.58. The Hall–Kier alpha value is -1.97. The van der Waals surface area contributed by atoms with Gasteiger partial charge in [0.2, 0.25) is 5.91 Å². The van der Waals surface area contributed by atoms with Gasteiger partial charge in [0.15, 0.2) is 11.5 Å². The van der Waals surface area contributed by atoms with Crippen LogP contribution in [0.3, 0.4) is 0 Å². The molecule has 0 unspecified atom stereocenters. The third-order valence-electron chi connectivity index (χ3n) is 1.93. The molecule has 0 spiro atoms. The van der Waals surface area contributed by atoms with Crippen LogP contribution in [0, 0.1) is 0 Å². The summed E-state index contributed by atoms with van der Waals surface area (Å²) in [5, 5.41) is 0. The van der Waals surface area contributed by atoms with E-state index in [4.69, 9.17) is 15.2 Å². The van der Waals surface area contributed by atoms with Crippen molar-refractivity contribution in [1.29, 1.82) is 0 Å². The fourth-order valence-electron chi connectivity index (χ4n) is 1.24. The molecule has 0 saturated carbocycles. The van der Waals surface area contributed by atoms with Crippen LogP contribution in [0.15, 0.2) is 24.3 Å². The molecule has 1 aromatic rings. The molecule has 1 rings (SSSR count). The summed E-state index contributed by atoms with van der Waals surface area (Å²) in [5.74, 6) is 0.837. The van der Waals surface area contributed by atoms with Gasteiger partial charge < -0.3 is 15.2 Å². The second kappa shape index (κ2) is 5.80. The van der Waals surface area contributed by atoms with Crippen molar-refractivity contribution in [2.75, 3.05) is 13.7 Å². The monoisotopic (exact) mass is 221 g/mol. The topological polar surface area (TPSA) is 61.5 Å². The van der Waals surface area contributed by atoms with Crippen LogP contribution < -0.4 is 15.2 Å². The molecule has 0 aromatic heterocycles. The molecule has 0 atom stereocenters. The third-order valence-corrected chi connectivity index (χ3v) is 1.93. The van der Waals surface area contributed by atoms with E-state index in [1.165, 1.54) is 6.08 Å². The maximum absolute atomic E-state index is 10.6. The van der Waals surface area contributed by atoms with Crippen molar-refractivity contribution in [3.63, 3.8) is 0 Å². The summed E-state index contributed by atoms with van der Waals surface area (Å²) in [5.41, 5.74) is 5.85. The van der Waals surface area contributed by atoms with Gasteiger partial charge in [0, 0.05) is 6.08 Å². The van der Waals surface area contributed by atoms with E-state index in [2.05, 4.69) is 0 Å². The van der Waals surface area contributed by atoms with E-state index in [1.807, 2.05) is 13.0 Å². The number of methoxy groups -OCH3 is 1. The zero-order valence-electron chi connectivity index (χ0n) is 9.40. The molecule has 0 fully saturated rings. The van der Waals surface area contributed by atoms with Crippen molar-refractivity contribution < 1.29 is 14.3 Å². The Bertz CT molecular complexity index is 399. The second-order valence-corrected chi connectivity index (χ2v) is 3.08. The molecule has 0 bridgehead atoms. The van der Waals surface area contributed by atoms with E-state index in [0.29, 0.717) is 18.1 Å². The maximum Gasteiger partial charge on any atom is 0.241 e. The lowest BCUT2D eigenvalue weighted by atomic mass is 10.2. The van der Waals surface area contributed by atoms with E-state index in [0.717, 1.165) is 5.56 Å². The highest BCUT2D eigenvalue weighted by atomic mass is 16.5. The number of hydrogen-bond acceptors (Lipinski definition) is 3. The first-order valence-electron chi connectivity index (χ1n) is 4.95. The molecule has 0 heterocycles. The molecule has 1 amide bonds. The predicted octanol–water partition coefficient (Wildman–Crippen LogP) is 1.59. The number of carbonyl (C=O) groups excluding carboxylic acids is 1. The highest BCUT2D eigenvalue weighted by Crippen LogP contribution is 2.28. The lowest BCUT2D eigenvalue weighted by molar-refractivity contribution is -0.113. The van der Waals surface area contributed by atoms with Gasteiger partial charge in [-0.1, -0.05) is 6.07 Å². The summed E-state index contributed by atoms with van der Waals surface area (Å²) in [4.78, 5) is 10.6. The number of primary amides is 1. The van der Waals surface area contributed by atoms with E-state index in [1.54, 1.807) is 25.3 Å². The largest absolute Gasteiger partial charge is 0.493 e. The molecular weight excluding hydrogens is 206 g/mol. The van der Waals surface area contributed by atoms with Gasteiger partial charge in [0.25, 0.3) is 0 Å². The van der Waals surface area contributed by atoms with Crippen molar-refractivity contribution in [1.82, 2.24) is 0 Å². The van der Waals surface area contributed by atoms with Crippen molar-refractivity contribution in [2.45, 2.75) is 6.92 Å². The first kappa shape index (κ1) is 12.1. The average Bonchev–Trinajstić information content (AvgIpc) is 2.27. The molecular formula is C12H15NO3. The average molecular weight is 221 g/mol. The van der Waals surface area contributed by atoms with Crippen LogP contribution in [-0.4, -0.2) is 19.6 Å². The highest BCUT2D eigenvalue weighted by molar-refractivity contribution is 5.90. The van der Waals surface area contributed by atoms with Gasteiger partial charge >= 0.3 is 0 Å². The second-order valence-electron chi connectivity index (χ2n) is 3.08. The van der Waals surface area contributed by atoms with Gasteiger partial charge in [-0.3, -0.25) is 4.79 Å². The van der Waals surface area contributed by atoms with Crippen molar-refractivity contribution in [3.8, 4) is 11.5 Å².